The van der Waals surface area contributed by atoms with Crippen molar-refractivity contribution in [3.05, 3.63) is 48.0 Å². The molecule has 27 heavy (non-hydrogen) atoms. The van der Waals surface area contributed by atoms with Crippen molar-refractivity contribution in [2.75, 3.05) is 21.3 Å². The van der Waals surface area contributed by atoms with Crippen molar-refractivity contribution in [1.29, 1.82) is 0 Å². The van der Waals surface area contributed by atoms with Gasteiger partial charge in [-0.3, -0.25) is 4.79 Å². The molecule has 0 spiro atoms. The maximum absolute atomic E-state index is 12.7. The number of methoxy groups -OCH3 is 3. The van der Waals surface area contributed by atoms with E-state index in [0.717, 1.165) is 5.56 Å². The standard InChI is InChI=1S/C21H27NO5/c1-6-18(27-17-9-7-8-16(13-17)24-3)21(23)22-14(2)15-10-11-19(25-4)20(12-15)26-5/h7-14,18H,6H2,1-5H3,(H,22,23)/t14-,18+/m0/s1. The number of carbonyl (C=O) groups is 1. The van der Waals surface area contributed by atoms with Gasteiger partial charge in [-0.25, -0.2) is 0 Å². The molecule has 0 heterocycles. The summed E-state index contributed by atoms with van der Waals surface area (Å²) < 4.78 is 21.6. The van der Waals surface area contributed by atoms with Crippen LogP contribution in [0.1, 0.15) is 31.9 Å². The number of rotatable bonds is 9. The second-order valence-electron chi connectivity index (χ2n) is 6.04. The maximum atomic E-state index is 12.7. The summed E-state index contributed by atoms with van der Waals surface area (Å²) in [6.45, 7) is 3.82. The molecular formula is C21H27NO5. The normalized spacial score (nSPS) is 12.6. The van der Waals surface area contributed by atoms with E-state index in [-0.39, 0.29) is 11.9 Å². The van der Waals surface area contributed by atoms with Crippen molar-refractivity contribution in [3.8, 4) is 23.0 Å². The first-order chi connectivity index (χ1) is 13.0. The van der Waals surface area contributed by atoms with Gasteiger partial charge in [0.05, 0.1) is 27.4 Å². The fraction of sp³-hybridized carbons (Fsp3) is 0.381. The van der Waals surface area contributed by atoms with E-state index >= 15 is 0 Å². The molecule has 6 nitrogen and oxygen atoms in total. The van der Waals surface area contributed by atoms with Crippen molar-refractivity contribution < 1.29 is 23.7 Å². The number of hydrogen-bond acceptors (Lipinski definition) is 5. The third kappa shape index (κ3) is 5.29. The summed E-state index contributed by atoms with van der Waals surface area (Å²) in [7, 11) is 4.76. The zero-order valence-electron chi connectivity index (χ0n) is 16.4. The summed E-state index contributed by atoms with van der Waals surface area (Å²) in [6.07, 6.45) is -0.0542. The fourth-order valence-corrected chi connectivity index (χ4v) is 2.67. The second kappa shape index (κ2) is 9.71. The molecule has 2 aromatic rings. The van der Waals surface area contributed by atoms with Gasteiger partial charge >= 0.3 is 0 Å². The van der Waals surface area contributed by atoms with Gasteiger partial charge in [0.25, 0.3) is 5.91 Å². The number of amides is 1. The van der Waals surface area contributed by atoms with Gasteiger partial charge in [-0.2, -0.15) is 0 Å². The van der Waals surface area contributed by atoms with Crippen LogP contribution in [0.5, 0.6) is 23.0 Å². The Hall–Kier alpha value is -2.89. The lowest BCUT2D eigenvalue weighted by molar-refractivity contribution is -0.128. The van der Waals surface area contributed by atoms with Crippen molar-refractivity contribution in [2.45, 2.75) is 32.4 Å². The van der Waals surface area contributed by atoms with E-state index < -0.39 is 6.10 Å². The predicted molar refractivity (Wildman–Crippen MR) is 104 cm³/mol. The van der Waals surface area contributed by atoms with Crippen LogP contribution in [-0.4, -0.2) is 33.3 Å². The van der Waals surface area contributed by atoms with Gasteiger partial charge in [-0.05, 0) is 43.2 Å². The number of hydrogen-bond donors (Lipinski definition) is 1. The molecule has 0 aliphatic heterocycles. The Labute approximate surface area is 160 Å². The largest absolute Gasteiger partial charge is 0.497 e. The van der Waals surface area contributed by atoms with Crippen LogP contribution in [0, 0.1) is 0 Å². The average Bonchev–Trinajstić information content (AvgIpc) is 2.71. The summed E-state index contributed by atoms with van der Waals surface area (Å²) >= 11 is 0. The molecule has 0 aliphatic rings. The van der Waals surface area contributed by atoms with Crippen LogP contribution >= 0.6 is 0 Å². The van der Waals surface area contributed by atoms with Crippen LogP contribution in [-0.2, 0) is 4.79 Å². The zero-order chi connectivity index (χ0) is 19.8. The molecule has 146 valence electrons. The monoisotopic (exact) mass is 373 g/mol. The molecule has 0 aromatic heterocycles. The van der Waals surface area contributed by atoms with E-state index in [1.165, 1.54) is 0 Å². The zero-order valence-corrected chi connectivity index (χ0v) is 16.4. The predicted octanol–water partition coefficient (Wildman–Crippen LogP) is 3.75. The van der Waals surface area contributed by atoms with Gasteiger partial charge in [-0.1, -0.05) is 19.1 Å². The molecule has 1 amide bonds. The van der Waals surface area contributed by atoms with E-state index in [9.17, 15) is 4.79 Å². The molecule has 6 heteroatoms. The molecular weight excluding hydrogens is 346 g/mol. The van der Waals surface area contributed by atoms with Gasteiger partial charge < -0.3 is 24.3 Å². The molecule has 0 bridgehead atoms. The van der Waals surface area contributed by atoms with Crippen LogP contribution in [0.25, 0.3) is 0 Å². The van der Waals surface area contributed by atoms with Gasteiger partial charge in [0, 0.05) is 6.07 Å². The number of carbonyl (C=O) groups excluding carboxylic acids is 1. The van der Waals surface area contributed by atoms with E-state index in [2.05, 4.69) is 5.32 Å². The smallest absolute Gasteiger partial charge is 0.261 e. The van der Waals surface area contributed by atoms with E-state index in [1.54, 1.807) is 33.5 Å². The molecule has 2 rings (SSSR count). The Morgan fingerprint density at radius 3 is 2.30 bits per heavy atom. The van der Waals surface area contributed by atoms with Crippen molar-refractivity contribution in [1.82, 2.24) is 5.32 Å². The van der Waals surface area contributed by atoms with Crippen molar-refractivity contribution >= 4 is 5.91 Å². The fourth-order valence-electron chi connectivity index (χ4n) is 2.67. The molecule has 0 saturated carbocycles. The van der Waals surface area contributed by atoms with Gasteiger partial charge in [0.1, 0.15) is 11.5 Å². The first kappa shape index (κ1) is 20.4. The molecule has 2 aromatic carbocycles. The number of ether oxygens (including phenoxy) is 4. The summed E-state index contributed by atoms with van der Waals surface area (Å²) in [5, 5.41) is 2.99. The van der Waals surface area contributed by atoms with E-state index in [4.69, 9.17) is 18.9 Å². The first-order valence-corrected chi connectivity index (χ1v) is 8.85. The molecule has 0 fully saturated rings. The summed E-state index contributed by atoms with van der Waals surface area (Å²) in [6, 6.07) is 12.6. The topological polar surface area (TPSA) is 66.0 Å². The highest BCUT2D eigenvalue weighted by molar-refractivity contribution is 5.81. The van der Waals surface area contributed by atoms with E-state index in [0.29, 0.717) is 29.4 Å². The minimum atomic E-state index is -0.597. The highest BCUT2D eigenvalue weighted by Crippen LogP contribution is 2.30. The van der Waals surface area contributed by atoms with Crippen molar-refractivity contribution in [2.24, 2.45) is 0 Å². The van der Waals surface area contributed by atoms with E-state index in [1.807, 2.05) is 44.2 Å². The van der Waals surface area contributed by atoms with Crippen LogP contribution in [0.3, 0.4) is 0 Å². The third-order valence-electron chi connectivity index (χ3n) is 4.25. The molecule has 2 atom stereocenters. The van der Waals surface area contributed by atoms with Gasteiger partial charge in [0.15, 0.2) is 17.6 Å². The average molecular weight is 373 g/mol. The SMILES string of the molecule is CC[C@@H](Oc1cccc(OC)c1)C(=O)N[C@@H](C)c1ccc(OC)c(OC)c1. The number of benzene rings is 2. The van der Waals surface area contributed by atoms with Gasteiger partial charge in [0.2, 0.25) is 0 Å². The van der Waals surface area contributed by atoms with Crippen LogP contribution in [0.4, 0.5) is 0 Å². The minimum absolute atomic E-state index is 0.178. The Balaban J connectivity index is 2.06. The Kier molecular flexibility index (Phi) is 7.34. The third-order valence-corrected chi connectivity index (χ3v) is 4.25. The summed E-state index contributed by atoms with van der Waals surface area (Å²) in [4.78, 5) is 12.7. The lowest BCUT2D eigenvalue weighted by Crippen LogP contribution is -2.39. The van der Waals surface area contributed by atoms with Gasteiger partial charge in [-0.15, -0.1) is 0 Å². The molecule has 1 N–H and O–H groups in total. The molecule has 0 unspecified atom stereocenters. The Bertz CT molecular complexity index is 762. The molecule has 0 saturated heterocycles. The quantitative estimate of drug-likeness (QED) is 0.725. The lowest BCUT2D eigenvalue weighted by atomic mass is 10.1. The first-order valence-electron chi connectivity index (χ1n) is 8.85. The highest BCUT2D eigenvalue weighted by Gasteiger charge is 2.21. The minimum Gasteiger partial charge on any atom is -0.497 e. The van der Waals surface area contributed by atoms with Crippen molar-refractivity contribution in [3.63, 3.8) is 0 Å². The number of nitrogens with one attached hydrogen (secondary N) is 1. The van der Waals surface area contributed by atoms with Crippen LogP contribution in [0.2, 0.25) is 0 Å². The molecule has 0 aliphatic carbocycles. The second-order valence-corrected chi connectivity index (χ2v) is 6.04. The summed E-state index contributed by atoms with van der Waals surface area (Å²) in [5.41, 5.74) is 0.914. The lowest BCUT2D eigenvalue weighted by Gasteiger charge is -2.21. The van der Waals surface area contributed by atoms with Crippen LogP contribution in [0.15, 0.2) is 42.5 Å². The van der Waals surface area contributed by atoms with Crippen LogP contribution < -0.4 is 24.3 Å². The molecule has 0 radical (unpaired) electrons. The summed E-state index contributed by atoms with van der Waals surface area (Å²) in [5.74, 6) is 2.36. The Morgan fingerprint density at radius 2 is 1.67 bits per heavy atom. The Morgan fingerprint density at radius 1 is 0.963 bits per heavy atom. The maximum Gasteiger partial charge on any atom is 0.261 e. The highest BCUT2D eigenvalue weighted by atomic mass is 16.5.